The van der Waals surface area contributed by atoms with E-state index in [0.717, 1.165) is 22.3 Å². The van der Waals surface area contributed by atoms with Crippen LogP contribution in [0.1, 0.15) is 27.5 Å². The molecule has 2 aromatic heterocycles. The maximum atomic E-state index is 12.8. The Kier molecular flexibility index (Phi) is 5.14. The third-order valence-electron chi connectivity index (χ3n) is 5.94. The minimum absolute atomic E-state index is 0.0320. The lowest BCUT2D eigenvalue weighted by atomic mass is 9.98. The number of carboxylic acids is 1. The summed E-state index contributed by atoms with van der Waals surface area (Å²) in [7, 11) is 1.62. The van der Waals surface area contributed by atoms with Crippen LogP contribution in [0.15, 0.2) is 79.0 Å². The van der Waals surface area contributed by atoms with Crippen molar-refractivity contribution in [3.8, 4) is 22.5 Å². The summed E-state index contributed by atoms with van der Waals surface area (Å²) in [6.07, 6.45) is 0.955. The number of amides is 1. The second-order valence-corrected chi connectivity index (χ2v) is 7.82. The van der Waals surface area contributed by atoms with Crippen LogP contribution in [-0.4, -0.2) is 33.3 Å². The highest BCUT2D eigenvalue weighted by Crippen LogP contribution is 2.44. The molecule has 0 aliphatic heterocycles. The first-order valence-electron chi connectivity index (χ1n) is 10.5. The molecule has 2 heterocycles. The first-order valence-corrected chi connectivity index (χ1v) is 10.5. The first-order chi connectivity index (χ1) is 16.0. The van der Waals surface area contributed by atoms with Gasteiger partial charge >= 0.3 is 12.1 Å². The number of aromatic nitrogens is 2. The van der Waals surface area contributed by atoms with Crippen LogP contribution in [0, 0.1) is 0 Å². The van der Waals surface area contributed by atoms with Gasteiger partial charge < -0.3 is 14.4 Å². The van der Waals surface area contributed by atoms with E-state index in [1.807, 2.05) is 24.3 Å². The lowest BCUT2D eigenvalue weighted by Gasteiger charge is -2.15. The van der Waals surface area contributed by atoms with Gasteiger partial charge in [-0.2, -0.15) is 0 Å². The van der Waals surface area contributed by atoms with Crippen molar-refractivity contribution in [1.82, 2.24) is 9.55 Å². The van der Waals surface area contributed by atoms with Crippen LogP contribution in [-0.2, 0) is 11.8 Å². The van der Waals surface area contributed by atoms with Crippen molar-refractivity contribution in [2.75, 3.05) is 11.9 Å². The van der Waals surface area contributed by atoms with Crippen molar-refractivity contribution in [2.24, 2.45) is 7.05 Å². The maximum absolute atomic E-state index is 12.8. The summed E-state index contributed by atoms with van der Waals surface area (Å²) in [5, 5.41) is 12.2. The average molecular weight is 439 g/mol. The number of pyridine rings is 1. The Labute approximate surface area is 190 Å². The molecule has 2 N–H and O–H groups in total. The van der Waals surface area contributed by atoms with Gasteiger partial charge in [0.15, 0.2) is 0 Å². The standard InChI is InChI=1S/C26H21N3O4/c1-29-23(25(30)31)14-22(24(29)21-12-6-7-13-27-21)28-26(32)33-15-20-18-10-4-2-8-16(18)17-9-3-5-11-19(17)20/h2-14,20H,15H2,1H3,(H,28,32)(H,30,31). The number of carboxylic acid groups (broad SMARTS) is 1. The number of benzene rings is 2. The van der Waals surface area contributed by atoms with E-state index in [4.69, 9.17) is 4.74 Å². The van der Waals surface area contributed by atoms with E-state index in [-0.39, 0.29) is 18.2 Å². The zero-order valence-electron chi connectivity index (χ0n) is 17.9. The van der Waals surface area contributed by atoms with E-state index < -0.39 is 12.1 Å². The summed E-state index contributed by atoms with van der Waals surface area (Å²) in [6.45, 7) is 0.164. The van der Waals surface area contributed by atoms with Gasteiger partial charge in [0.05, 0.1) is 17.1 Å². The molecule has 5 rings (SSSR count). The van der Waals surface area contributed by atoms with Crippen molar-refractivity contribution in [2.45, 2.75) is 5.92 Å². The Hall–Kier alpha value is -4.39. The maximum Gasteiger partial charge on any atom is 0.411 e. The lowest BCUT2D eigenvalue weighted by Crippen LogP contribution is -2.18. The predicted molar refractivity (Wildman–Crippen MR) is 124 cm³/mol. The Balaban J connectivity index is 1.39. The fourth-order valence-corrected chi connectivity index (χ4v) is 4.46. The highest BCUT2D eigenvalue weighted by molar-refractivity contribution is 5.96. The second-order valence-electron chi connectivity index (χ2n) is 7.82. The summed E-state index contributed by atoms with van der Waals surface area (Å²) < 4.78 is 7.11. The quantitative estimate of drug-likeness (QED) is 0.449. The first kappa shape index (κ1) is 20.5. The summed E-state index contributed by atoms with van der Waals surface area (Å²) >= 11 is 0. The number of fused-ring (bicyclic) bond motifs is 3. The molecule has 33 heavy (non-hydrogen) atoms. The molecular weight excluding hydrogens is 418 g/mol. The van der Waals surface area contributed by atoms with Gasteiger partial charge in [0.2, 0.25) is 0 Å². The summed E-state index contributed by atoms with van der Waals surface area (Å²) in [4.78, 5) is 28.7. The van der Waals surface area contributed by atoms with Crippen LogP contribution in [0.5, 0.6) is 0 Å². The monoisotopic (exact) mass is 439 g/mol. The molecule has 0 radical (unpaired) electrons. The number of anilines is 1. The van der Waals surface area contributed by atoms with E-state index in [2.05, 4.69) is 34.6 Å². The second kappa shape index (κ2) is 8.27. The average Bonchev–Trinajstić information content (AvgIpc) is 3.33. The van der Waals surface area contributed by atoms with Gasteiger partial charge in [-0.05, 0) is 40.5 Å². The molecule has 1 amide bonds. The Bertz CT molecular complexity index is 1320. The van der Waals surface area contributed by atoms with Gasteiger partial charge in [-0.15, -0.1) is 0 Å². The minimum Gasteiger partial charge on any atom is -0.477 e. The molecule has 164 valence electrons. The fraction of sp³-hybridized carbons (Fsp3) is 0.115. The highest BCUT2D eigenvalue weighted by atomic mass is 16.5. The number of hydrogen-bond donors (Lipinski definition) is 2. The number of nitrogens with zero attached hydrogens (tertiary/aromatic N) is 2. The number of hydrogen-bond acceptors (Lipinski definition) is 4. The molecule has 0 saturated carbocycles. The van der Waals surface area contributed by atoms with E-state index in [1.54, 1.807) is 31.4 Å². The van der Waals surface area contributed by atoms with Crippen LogP contribution in [0.25, 0.3) is 22.5 Å². The molecule has 0 spiro atoms. The number of aromatic carboxylic acids is 1. The zero-order valence-corrected chi connectivity index (χ0v) is 17.9. The molecule has 0 unspecified atom stereocenters. The normalized spacial score (nSPS) is 12.2. The Morgan fingerprint density at radius 1 is 1.00 bits per heavy atom. The number of nitrogens with one attached hydrogen (secondary N) is 1. The van der Waals surface area contributed by atoms with E-state index in [0.29, 0.717) is 17.1 Å². The number of ether oxygens (including phenoxy) is 1. The van der Waals surface area contributed by atoms with Gasteiger partial charge in [0.1, 0.15) is 12.3 Å². The predicted octanol–water partition coefficient (Wildman–Crippen LogP) is 5.15. The van der Waals surface area contributed by atoms with Gasteiger partial charge in [-0.25, -0.2) is 9.59 Å². The molecule has 4 aromatic rings. The minimum atomic E-state index is -1.10. The smallest absolute Gasteiger partial charge is 0.411 e. The van der Waals surface area contributed by atoms with Crippen LogP contribution in [0.3, 0.4) is 0 Å². The highest BCUT2D eigenvalue weighted by Gasteiger charge is 2.29. The summed E-state index contributed by atoms with van der Waals surface area (Å²) in [5.74, 6) is -1.17. The van der Waals surface area contributed by atoms with Crippen LogP contribution >= 0.6 is 0 Å². The largest absolute Gasteiger partial charge is 0.477 e. The summed E-state index contributed by atoms with van der Waals surface area (Å²) in [5.41, 5.74) is 5.92. The SMILES string of the molecule is Cn1c(C(=O)O)cc(NC(=O)OCC2c3ccccc3-c3ccccc32)c1-c1ccccn1. The summed E-state index contributed by atoms with van der Waals surface area (Å²) in [6, 6.07) is 22.9. The van der Waals surface area contributed by atoms with E-state index in [1.165, 1.54) is 10.6 Å². The third kappa shape index (κ3) is 3.63. The van der Waals surface area contributed by atoms with Crippen LogP contribution < -0.4 is 5.32 Å². The zero-order chi connectivity index (χ0) is 22.9. The Morgan fingerprint density at radius 3 is 2.24 bits per heavy atom. The lowest BCUT2D eigenvalue weighted by molar-refractivity contribution is 0.0686. The molecule has 7 nitrogen and oxygen atoms in total. The van der Waals surface area contributed by atoms with Crippen molar-refractivity contribution in [3.63, 3.8) is 0 Å². The fourth-order valence-electron chi connectivity index (χ4n) is 4.46. The van der Waals surface area contributed by atoms with Crippen molar-refractivity contribution >= 4 is 17.7 Å². The molecule has 1 aliphatic rings. The Morgan fingerprint density at radius 2 is 1.64 bits per heavy atom. The van der Waals surface area contributed by atoms with E-state index >= 15 is 0 Å². The number of rotatable bonds is 5. The van der Waals surface area contributed by atoms with E-state index in [9.17, 15) is 14.7 Å². The van der Waals surface area contributed by atoms with Gasteiger partial charge in [-0.3, -0.25) is 10.3 Å². The number of carbonyl (C=O) groups is 2. The molecule has 0 saturated heterocycles. The van der Waals surface area contributed by atoms with Gasteiger partial charge in [0.25, 0.3) is 0 Å². The molecule has 2 aromatic carbocycles. The van der Waals surface area contributed by atoms with Crippen LogP contribution in [0.2, 0.25) is 0 Å². The topological polar surface area (TPSA) is 93.5 Å². The molecule has 0 bridgehead atoms. The van der Waals surface area contributed by atoms with Crippen molar-refractivity contribution in [3.05, 3.63) is 95.8 Å². The van der Waals surface area contributed by atoms with Gasteiger partial charge in [-0.1, -0.05) is 54.6 Å². The molecule has 0 atom stereocenters. The molecule has 0 fully saturated rings. The third-order valence-corrected chi connectivity index (χ3v) is 5.94. The van der Waals surface area contributed by atoms with Crippen molar-refractivity contribution in [1.29, 1.82) is 0 Å². The number of carbonyl (C=O) groups excluding carboxylic acids is 1. The van der Waals surface area contributed by atoms with Crippen LogP contribution in [0.4, 0.5) is 10.5 Å². The molecule has 1 aliphatic carbocycles. The molecule has 7 heteroatoms. The van der Waals surface area contributed by atoms with Crippen molar-refractivity contribution < 1.29 is 19.4 Å². The molecular formula is C26H21N3O4. The van der Waals surface area contributed by atoms with Gasteiger partial charge in [0, 0.05) is 19.2 Å².